The van der Waals surface area contributed by atoms with E-state index in [9.17, 15) is 19.8 Å². The number of aromatic hydroxyl groups is 2. The molecule has 0 heterocycles. The van der Waals surface area contributed by atoms with Gasteiger partial charge < -0.3 is 19.7 Å². The number of rotatable bonds is 9. The second-order valence-electron chi connectivity index (χ2n) is 11.4. The van der Waals surface area contributed by atoms with Crippen LogP contribution in [0.2, 0.25) is 0 Å². The molecule has 0 spiro atoms. The number of phenols is 2. The highest BCUT2D eigenvalue weighted by atomic mass is 16.6. The molecule has 2 rings (SSSR count). The van der Waals surface area contributed by atoms with E-state index in [-0.39, 0.29) is 60.3 Å². The Balaban J connectivity index is 1.78. The first-order valence-corrected chi connectivity index (χ1v) is 12.6. The van der Waals surface area contributed by atoms with Gasteiger partial charge >= 0.3 is 11.9 Å². The van der Waals surface area contributed by atoms with Gasteiger partial charge in [0.2, 0.25) is 0 Å². The van der Waals surface area contributed by atoms with Gasteiger partial charge in [-0.3, -0.25) is 9.59 Å². The molecule has 0 unspecified atom stereocenters. The largest absolute Gasteiger partial charge is 0.508 e. The second-order valence-corrected chi connectivity index (χ2v) is 11.4. The highest BCUT2D eigenvalue weighted by Gasteiger charge is 2.23. The molecule has 0 aromatic heterocycles. The molecule has 0 atom stereocenters. The molecule has 0 aliphatic carbocycles. The first-order valence-electron chi connectivity index (χ1n) is 12.6. The minimum Gasteiger partial charge on any atom is -0.508 e. The molecule has 6 nitrogen and oxygen atoms in total. The van der Waals surface area contributed by atoms with E-state index in [1.807, 2.05) is 67.5 Å². The average molecular weight is 499 g/mol. The topological polar surface area (TPSA) is 93.1 Å². The first-order chi connectivity index (χ1) is 16.6. The third-order valence-electron chi connectivity index (χ3n) is 6.42. The summed E-state index contributed by atoms with van der Waals surface area (Å²) in [5.41, 5.74) is 5.34. The molecular formula is C30H42O6. The second kappa shape index (κ2) is 11.8. The van der Waals surface area contributed by atoms with Crippen LogP contribution in [0.1, 0.15) is 87.8 Å². The van der Waals surface area contributed by atoms with Crippen LogP contribution in [0.25, 0.3) is 0 Å². The molecular weight excluding hydrogens is 456 g/mol. The molecule has 0 amide bonds. The Morgan fingerprint density at radius 2 is 1.00 bits per heavy atom. The maximum Gasteiger partial charge on any atom is 0.306 e. The standard InChI is InChI=1S/C30H42O6/c1-19-21(9-13-23(31)27(19)29(3,4)5)11-15-25(33)35-17-18-36-26(34)16-12-22-10-14-24(32)28(20(22)2)30(6,7)8/h9-10,13-14,31-32H,11-12,15-18H2,1-8H3. The van der Waals surface area contributed by atoms with E-state index in [1.165, 1.54) is 0 Å². The molecule has 2 N–H and O–H groups in total. The van der Waals surface area contributed by atoms with Crippen LogP contribution in [0.4, 0.5) is 0 Å². The van der Waals surface area contributed by atoms with Crippen LogP contribution in [0.15, 0.2) is 24.3 Å². The van der Waals surface area contributed by atoms with Gasteiger partial charge in [0, 0.05) is 24.0 Å². The van der Waals surface area contributed by atoms with Gasteiger partial charge in [0.05, 0.1) is 0 Å². The fourth-order valence-electron chi connectivity index (χ4n) is 4.84. The molecule has 6 heteroatoms. The number of aryl methyl sites for hydroxylation is 2. The third-order valence-corrected chi connectivity index (χ3v) is 6.42. The van der Waals surface area contributed by atoms with Gasteiger partial charge in [-0.15, -0.1) is 0 Å². The molecule has 2 aromatic rings. The lowest BCUT2D eigenvalue weighted by Crippen LogP contribution is -2.17. The van der Waals surface area contributed by atoms with Crippen molar-refractivity contribution in [1.82, 2.24) is 0 Å². The summed E-state index contributed by atoms with van der Waals surface area (Å²) in [4.78, 5) is 24.4. The molecule has 0 bridgehead atoms. The number of esters is 2. The Morgan fingerprint density at radius 3 is 1.31 bits per heavy atom. The number of phenolic OH excluding ortho intramolecular Hbond substituents is 2. The van der Waals surface area contributed by atoms with Gasteiger partial charge in [-0.1, -0.05) is 53.7 Å². The zero-order chi connectivity index (χ0) is 27.3. The van der Waals surface area contributed by atoms with Crippen molar-refractivity contribution in [2.24, 2.45) is 0 Å². The Kier molecular flexibility index (Phi) is 9.58. The molecule has 0 aliphatic rings. The lowest BCUT2D eigenvalue weighted by molar-refractivity contribution is -0.152. The van der Waals surface area contributed by atoms with Crippen molar-refractivity contribution in [3.8, 4) is 11.5 Å². The number of carbonyl (C=O) groups excluding carboxylic acids is 2. The minimum absolute atomic E-state index is 0.0127. The highest BCUT2D eigenvalue weighted by molar-refractivity contribution is 5.71. The fourth-order valence-corrected chi connectivity index (χ4v) is 4.84. The van der Waals surface area contributed by atoms with Crippen LogP contribution in [0.3, 0.4) is 0 Å². The summed E-state index contributed by atoms with van der Waals surface area (Å²) in [5.74, 6) is -0.178. The van der Waals surface area contributed by atoms with Gasteiger partial charge in [-0.25, -0.2) is 0 Å². The summed E-state index contributed by atoms with van der Waals surface area (Å²) >= 11 is 0. The SMILES string of the molecule is Cc1c(CCC(=O)OCCOC(=O)CCc2ccc(O)c(C(C)(C)C)c2C)ccc(O)c1C(C)(C)C. The molecule has 198 valence electrons. The zero-order valence-corrected chi connectivity index (χ0v) is 23.1. The summed E-state index contributed by atoms with van der Waals surface area (Å²) < 4.78 is 10.5. The molecule has 0 saturated carbocycles. The van der Waals surface area contributed by atoms with E-state index >= 15 is 0 Å². The van der Waals surface area contributed by atoms with Gasteiger partial charge in [-0.05, 0) is 71.9 Å². The summed E-state index contributed by atoms with van der Waals surface area (Å²) in [6.07, 6.45) is 1.44. The normalized spacial score (nSPS) is 11.9. The minimum atomic E-state index is -0.356. The summed E-state index contributed by atoms with van der Waals surface area (Å²) in [6, 6.07) is 7.04. The average Bonchev–Trinajstić information content (AvgIpc) is 2.74. The van der Waals surface area contributed by atoms with Crippen LogP contribution in [0, 0.1) is 13.8 Å². The number of hydrogen-bond acceptors (Lipinski definition) is 6. The van der Waals surface area contributed by atoms with Crippen LogP contribution in [-0.2, 0) is 42.7 Å². The van der Waals surface area contributed by atoms with Crippen LogP contribution in [0.5, 0.6) is 11.5 Å². The summed E-state index contributed by atoms with van der Waals surface area (Å²) in [6.45, 7) is 16.2. The van der Waals surface area contributed by atoms with Crippen LogP contribution < -0.4 is 0 Å². The van der Waals surface area contributed by atoms with Crippen molar-refractivity contribution < 1.29 is 29.3 Å². The Morgan fingerprint density at radius 1 is 0.667 bits per heavy atom. The van der Waals surface area contributed by atoms with E-state index in [0.29, 0.717) is 12.8 Å². The number of benzene rings is 2. The predicted molar refractivity (Wildman–Crippen MR) is 142 cm³/mol. The Labute approximate surface area is 215 Å². The van der Waals surface area contributed by atoms with E-state index < -0.39 is 0 Å². The molecule has 0 fully saturated rings. The van der Waals surface area contributed by atoms with Gasteiger partial charge in [-0.2, -0.15) is 0 Å². The molecule has 0 radical (unpaired) electrons. The summed E-state index contributed by atoms with van der Waals surface area (Å²) in [5, 5.41) is 20.5. The van der Waals surface area contributed by atoms with Crippen LogP contribution in [-0.4, -0.2) is 35.4 Å². The quantitative estimate of drug-likeness (QED) is 0.327. The Bertz CT molecular complexity index is 999. The van der Waals surface area contributed by atoms with Crippen molar-refractivity contribution in [1.29, 1.82) is 0 Å². The van der Waals surface area contributed by atoms with Crippen molar-refractivity contribution >= 4 is 11.9 Å². The lowest BCUT2D eigenvalue weighted by atomic mass is 9.81. The van der Waals surface area contributed by atoms with Crippen molar-refractivity contribution in [3.05, 3.63) is 57.6 Å². The number of hydrogen-bond donors (Lipinski definition) is 2. The maximum absolute atomic E-state index is 12.2. The Hall–Kier alpha value is -3.02. The highest BCUT2D eigenvalue weighted by Crippen LogP contribution is 2.36. The molecule has 36 heavy (non-hydrogen) atoms. The van der Waals surface area contributed by atoms with Gasteiger partial charge in [0.25, 0.3) is 0 Å². The number of carbonyl (C=O) groups is 2. The van der Waals surface area contributed by atoms with E-state index in [4.69, 9.17) is 9.47 Å². The van der Waals surface area contributed by atoms with E-state index in [2.05, 4.69) is 0 Å². The molecule has 2 aromatic carbocycles. The molecule has 0 aliphatic heterocycles. The van der Waals surface area contributed by atoms with E-state index in [0.717, 1.165) is 33.4 Å². The predicted octanol–water partition coefficient (Wildman–Crippen LogP) is 5.96. The van der Waals surface area contributed by atoms with Crippen molar-refractivity contribution in [2.45, 2.75) is 91.9 Å². The molecule has 0 saturated heterocycles. The number of ether oxygens (including phenoxy) is 2. The van der Waals surface area contributed by atoms with Gasteiger partial charge in [0.1, 0.15) is 24.7 Å². The van der Waals surface area contributed by atoms with E-state index in [1.54, 1.807) is 12.1 Å². The van der Waals surface area contributed by atoms with Crippen molar-refractivity contribution in [3.63, 3.8) is 0 Å². The first kappa shape index (κ1) is 29.2. The monoisotopic (exact) mass is 498 g/mol. The third kappa shape index (κ3) is 7.74. The smallest absolute Gasteiger partial charge is 0.306 e. The van der Waals surface area contributed by atoms with Crippen molar-refractivity contribution in [2.75, 3.05) is 13.2 Å². The zero-order valence-electron chi connectivity index (χ0n) is 23.1. The lowest BCUT2D eigenvalue weighted by Gasteiger charge is -2.24. The summed E-state index contributed by atoms with van der Waals surface area (Å²) in [7, 11) is 0. The fraction of sp³-hybridized carbons (Fsp3) is 0.533. The van der Waals surface area contributed by atoms with Crippen LogP contribution >= 0.6 is 0 Å². The van der Waals surface area contributed by atoms with Gasteiger partial charge in [0.15, 0.2) is 0 Å². The maximum atomic E-state index is 12.2.